The zero-order chi connectivity index (χ0) is 14.0. The molecule has 0 aliphatic carbocycles. The SMILES string of the molecule is CCCn1ncc(Cl)c1C(N)c1c(Cl)cccc1Cl. The van der Waals surface area contributed by atoms with Crippen LogP contribution in [0.4, 0.5) is 0 Å². The molecule has 0 bridgehead atoms. The van der Waals surface area contributed by atoms with Crippen molar-refractivity contribution in [1.29, 1.82) is 0 Å². The lowest BCUT2D eigenvalue weighted by molar-refractivity contribution is 0.560. The summed E-state index contributed by atoms with van der Waals surface area (Å²) >= 11 is 18.6. The van der Waals surface area contributed by atoms with Crippen molar-refractivity contribution in [3.8, 4) is 0 Å². The molecule has 19 heavy (non-hydrogen) atoms. The maximum atomic E-state index is 6.28. The van der Waals surface area contributed by atoms with Crippen molar-refractivity contribution >= 4 is 34.8 Å². The first-order valence-electron chi connectivity index (χ1n) is 5.97. The van der Waals surface area contributed by atoms with E-state index in [0.717, 1.165) is 18.7 Å². The van der Waals surface area contributed by atoms with Crippen LogP contribution in [0.25, 0.3) is 0 Å². The summed E-state index contributed by atoms with van der Waals surface area (Å²) in [6, 6.07) is 4.81. The van der Waals surface area contributed by atoms with Gasteiger partial charge in [-0.2, -0.15) is 5.10 Å². The Morgan fingerprint density at radius 1 is 1.21 bits per heavy atom. The van der Waals surface area contributed by atoms with Crippen molar-refractivity contribution in [2.75, 3.05) is 0 Å². The Kier molecular flexibility index (Phi) is 4.74. The van der Waals surface area contributed by atoms with Crippen molar-refractivity contribution < 1.29 is 0 Å². The molecular weight excluding hydrogens is 305 g/mol. The predicted octanol–water partition coefficient (Wildman–Crippen LogP) is 4.30. The minimum absolute atomic E-state index is 0.497. The lowest BCUT2D eigenvalue weighted by atomic mass is 10.0. The molecule has 0 aliphatic heterocycles. The fourth-order valence-corrected chi connectivity index (χ4v) is 2.91. The summed E-state index contributed by atoms with van der Waals surface area (Å²) in [5.74, 6) is 0. The van der Waals surface area contributed by atoms with Gasteiger partial charge in [-0.1, -0.05) is 47.8 Å². The molecule has 3 nitrogen and oxygen atoms in total. The highest BCUT2D eigenvalue weighted by Gasteiger charge is 2.22. The Hall–Kier alpha value is -0.740. The van der Waals surface area contributed by atoms with Gasteiger partial charge in [-0.25, -0.2) is 0 Å². The average Bonchev–Trinajstić information content (AvgIpc) is 2.70. The largest absolute Gasteiger partial charge is 0.319 e. The predicted molar refractivity (Wildman–Crippen MR) is 80.0 cm³/mol. The van der Waals surface area contributed by atoms with Gasteiger partial charge in [0.05, 0.1) is 23.0 Å². The minimum atomic E-state index is -0.497. The van der Waals surface area contributed by atoms with E-state index >= 15 is 0 Å². The molecule has 102 valence electrons. The van der Waals surface area contributed by atoms with Crippen LogP contribution in [0.2, 0.25) is 15.1 Å². The molecule has 0 aliphatic rings. The number of nitrogens with two attached hydrogens (primary N) is 1. The van der Waals surface area contributed by atoms with Crippen molar-refractivity contribution in [3.63, 3.8) is 0 Å². The third-order valence-electron chi connectivity index (χ3n) is 2.87. The van der Waals surface area contributed by atoms with Gasteiger partial charge >= 0.3 is 0 Å². The van der Waals surface area contributed by atoms with Gasteiger partial charge < -0.3 is 5.73 Å². The van der Waals surface area contributed by atoms with Crippen LogP contribution in [0.3, 0.4) is 0 Å². The van der Waals surface area contributed by atoms with Crippen molar-refractivity contribution in [3.05, 3.63) is 50.7 Å². The lowest BCUT2D eigenvalue weighted by Crippen LogP contribution is -2.19. The highest BCUT2D eigenvalue weighted by molar-refractivity contribution is 6.36. The summed E-state index contributed by atoms with van der Waals surface area (Å²) in [7, 11) is 0. The Labute approximate surface area is 127 Å². The summed E-state index contributed by atoms with van der Waals surface area (Å²) in [4.78, 5) is 0. The van der Waals surface area contributed by atoms with Crippen molar-refractivity contribution in [1.82, 2.24) is 9.78 Å². The molecule has 0 spiro atoms. The Balaban J connectivity index is 2.50. The molecule has 0 radical (unpaired) electrons. The van der Waals surface area contributed by atoms with Crippen LogP contribution in [0.5, 0.6) is 0 Å². The smallest absolute Gasteiger partial charge is 0.0837 e. The average molecular weight is 319 g/mol. The van der Waals surface area contributed by atoms with E-state index in [1.807, 2.05) is 0 Å². The minimum Gasteiger partial charge on any atom is -0.319 e. The van der Waals surface area contributed by atoms with Crippen LogP contribution in [0, 0.1) is 0 Å². The molecule has 2 N–H and O–H groups in total. The third kappa shape index (κ3) is 2.90. The monoisotopic (exact) mass is 317 g/mol. The number of halogens is 3. The molecule has 6 heteroatoms. The number of nitrogens with zero attached hydrogens (tertiary/aromatic N) is 2. The summed E-state index contributed by atoms with van der Waals surface area (Å²) in [5, 5.41) is 5.81. The van der Waals surface area contributed by atoms with Gasteiger partial charge in [-0.05, 0) is 18.6 Å². The highest BCUT2D eigenvalue weighted by atomic mass is 35.5. The Morgan fingerprint density at radius 2 is 1.84 bits per heavy atom. The maximum Gasteiger partial charge on any atom is 0.0837 e. The van der Waals surface area contributed by atoms with Gasteiger partial charge in [-0.3, -0.25) is 4.68 Å². The molecule has 2 aromatic rings. The zero-order valence-electron chi connectivity index (χ0n) is 10.4. The first kappa shape index (κ1) is 14.7. The quantitative estimate of drug-likeness (QED) is 0.913. The number of hydrogen-bond acceptors (Lipinski definition) is 2. The molecule has 0 saturated heterocycles. The zero-order valence-corrected chi connectivity index (χ0v) is 12.7. The van der Waals surface area contributed by atoms with E-state index in [0.29, 0.717) is 20.6 Å². The van der Waals surface area contributed by atoms with Crippen LogP contribution < -0.4 is 5.73 Å². The molecule has 1 aromatic carbocycles. The molecular formula is C13H14Cl3N3. The van der Waals surface area contributed by atoms with Crippen LogP contribution >= 0.6 is 34.8 Å². The molecule has 1 atom stereocenters. The normalized spacial score (nSPS) is 12.7. The molecule has 0 saturated carbocycles. The Morgan fingerprint density at radius 3 is 2.42 bits per heavy atom. The van der Waals surface area contributed by atoms with Gasteiger partial charge in [-0.15, -0.1) is 0 Å². The topological polar surface area (TPSA) is 43.8 Å². The molecule has 2 rings (SSSR count). The van der Waals surface area contributed by atoms with Crippen LogP contribution in [0.1, 0.15) is 30.6 Å². The summed E-state index contributed by atoms with van der Waals surface area (Å²) in [6.45, 7) is 2.81. The van der Waals surface area contributed by atoms with Crippen molar-refractivity contribution in [2.45, 2.75) is 25.9 Å². The molecule has 0 amide bonds. The van der Waals surface area contributed by atoms with E-state index in [9.17, 15) is 0 Å². The Bertz CT molecular complexity index is 560. The van der Waals surface area contributed by atoms with Crippen LogP contribution in [-0.4, -0.2) is 9.78 Å². The van der Waals surface area contributed by atoms with E-state index in [1.165, 1.54) is 0 Å². The second-order valence-electron chi connectivity index (χ2n) is 4.21. The first-order chi connectivity index (χ1) is 9.06. The fourth-order valence-electron chi connectivity index (χ4n) is 2.02. The number of aromatic nitrogens is 2. The third-order valence-corrected chi connectivity index (χ3v) is 3.82. The summed E-state index contributed by atoms with van der Waals surface area (Å²) in [6.07, 6.45) is 2.53. The summed E-state index contributed by atoms with van der Waals surface area (Å²) in [5.41, 5.74) is 7.69. The van der Waals surface area contributed by atoms with Gasteiger partial charge in [0.15, 0.2) is 0 Å². The van der Waals surface area contributed by atoms with Crippen LogP contribution in [-0.2, 0) is 6.54 Å². The van der Waals surface area contributed by atoms with Crippen LogP contribution in [0.15, 0.2) is 24.4 Å². The van der Waals surface area contributed by atoms with E-state index < -0.39 is 6.04 Å². The van der Waals surface area contributed by atoms with Gasteiger partial charge in [0.25, 0.3) is 0 Å². The number of hydrogen-bond donors (Lipinski definition) is 1. The van der Waals surface area contributed by atoms with E-state index in [2.05, 4.69) is 12.0 Å². The number of benzene rings is 1. The van der Waals surface area contributed by atoms with E-state index in [1.54, 1.807) is 29.1 Å². The fraction of sp³-hybridized carbons (Fsp3) is 0.308. The van der Waals surface area contributed by atoms with E-state index in [-0.39, 0.29) is 0 Å². The van der Waals surface area contributed by atoms with E-state index in [4.69, 9.17) is 40.5 Å². The maximum absolute atomic E-state index is 6.28. The lowest BCUT2D eigenvalue weighted by Gasteiger charge is -2.17. The standard InChI is InChI=1S/C13H14Cl3N3/c1-2-6-19-13(10(16)7-18-19)12(17)11-8(14)4-3-5-9(11)15/h3-5,7,12H,2,6,17H2,1H3. The van der Waals surface area contributed by atoms with Crippen molar-refractivity contribution in [2.24, 2.45) is 5.73 Å². The first-order valence-corrected chi connectivity index (χ1v) is 7.10. The van der Waals surface area contributed by atoms with Gasteiger partial charge in [0.1, 0.15) is 0 Å². The highest BCUT2D eigenvalue weighted by Crippen LogP contribution is 2.35. The van der Waals surface area contributed by atoms with Gasteiger partial charge in [0, 0.05) is 22.2 Å². The molecule has 1 unspecified atom stereocenters. The number of aryl methyl sites for hydroxylation is 1. The van der Waals surface area contributed by atoms with Gasteiger partial charge in [0.2, 0.25) is 0 Å². The second kappa shape index (κ2) is 6.14. The second-order valence-corrected chi connectivity index (χ2v) is 5.44. The summed E-state index contributed by atoms with van der Waals surface area (Å²) < 4.78 is 1.80. The molecule has 1 aromatic heterocycles. The molecule has 0 fully saturated rings. The number of rotatable bonds is 4. The molecule has 1 heterocycles.